The van der Waals surface area contributed by atoms with Crippen LogP contribution >= 0.6 is 23.2 Å². The molecule has 0 saturated heterocycles. The zero-order valence-corrected chi connectivity index (χ0v) is 13.8. The van der Waals surface area contributed by atoms with E-state index in [2.05, 4.69) is 5.32 Å². The zero-order valence-electron chi connectivity index (χ0n) is 12.3. The van der Waals surface area contributed by atoms with E-state index in [9.17, 15) is 4.79 Å². The first kappa shape index (κ1) is 16.4. The Bertz CT molecular complexity index is 519. The van der Waals surface area contributed by atoms with Crippen LogP contribution in [0.15, 0.2) is 12.1 Å². The van der Waals surface area contributed by atoms with Gasteiger partial charge in [-0.2, -0.15) is 0 Å². The molecule has 21 heavy (non-hydrogen) atoms. The molecule has 1 aliphatic rings. The number of amides is 1. The lowest BCUT2D eigenvalue weighted by Gasteiger charge is -2.18. The molecule has 1 N–H and O–H groups in total. The van der Waals surface area contributed by atoms with Gasteiger partial charge in [-0.1, -0.05) is 30.1 Å². The second-order valence-electron chi connectivity index (χ2n) is 5.18. The number of hydrogen-bond donors (Lipinski definition) is 1. The summed E-state index contributed by atoms with van der Waals surface area (Å²) >= 11 is 12.2. The van der Waals surface area contributed by atoms with Crippen LogP contribution in [-0.4, -0.2) is 37.0 Å². The second-order valence-corrected chi connectivity index (χ2v) is 6.02. The van der Waals surface area contributed by atoms with Gasteiger partial charge in [0.2, 0.25) is 0 Å². The number of nitrogens with zero attached hydrogens (tertiary/aromatic N) is 1. The van der Waals surface area contributed by atoms with Gasteiger partial charge in [0.05, 0.1) is 5.02 Å². The van der Waals surface area contributed by atoms with Gasteiger partial charge in [0.25, 0.3) is 5.91 Å². The van der Waals surface area contributed by atoms with E-state index < -0.39 is 0 Å². The van der Waals surface area contributed by atoms with Gasteiger partial charge in [0.1, 0.15) is 5.75 Å². The molecule has 1 fully saturated rings. The molecule has 0 aromatic heterocycles. The molecule has 116 valence electrons. The highest BCUT2D eigenvalue weighted by Gasteiger charge is 2.29. The maximum absolute atomic E-state index is 12.0. The topological polar surface area (TPSA) is 41.6 Å². The quantitative estimate of drug-likeness (QED) is 0.835. The summed E-state index contributed by atoms with van der Waals surface area (Å²) in [6.45, 7) is 3.43. The van der Waals surface area contributed by atoms with Crippen molar-refractivity contribution in [3.05, 3.63) is 27.7 Å². The van der Waals surface area contributed by atoms with Crippen molar-refractivity contribution in [1.82, 2.24) is 10.2 Å². The van der Waals surface area contributed by atoms with E-state index >= 15 is 0 Å². The lowest BCUT2D eigenvalue weighted by Crippen LogP contribution is -2.33. The number of benzene rings is 1. The summed E-state index contributed by atoms with van der Waals surface area (Å²) in [7, 11) is 1.81. The molecular formula is C15H20Cl2N2O2. The molecule has 2 rings (SSSR count). The Kier molecular flexibility index (Phi) is 5.73. The van der Waals surface area contributed by atoms with Crippen LogP contribution < -0.4 is 10.1 Å². The fourth-order valence-electron chi connectivity index (χ4n) is 2.07. The van der Waals surface area contributed by atoms with E-state index in [1.807, 2.05) is 14.0 Å². The molecule has 6 heteroatoms. The predicted molar refractivity (Wildman–Crippen MR) is 85.1 cm³/mol. The van der Waals surface area contributed by atoms with Crippen molar-refractivity contribution in [2.45, 2.75) is 32.4 Å². The molecule has 0 unspecified atom stereocenters. The van der Waals surface area contributed by atoms with E-state index in [4.69, 9.17) is 27.9 Å². The highest BCUT2D eigenvalue weighted by atomic mass is 35.5. The Hall–Kier alpha value is -0.970. The van der Waals surface area contributed by atoms with E-state index in [1.54, 1.807) is 17.0 Å². The standard InChI is InChI=1S/C15H20Cl2N2O2/c1-3-18-8-10-6-11(16)7-13(17)15(10)21-9-14(20)19(2)12-4-5-12/h6-7,12,18H,3-5,8-9H2,1-2H3. The van der Waals surface area contributed by atoms with Crippen molar-refractivity contribution >= 4 is 29.1 Å². The van der Waals surface area contributed by atoms with Gasteiger partial charge < -0.3 is 15.0 Å². The van der Waals surface area contributed by atoms with E-state index in [-0.39, 0.29) is 12.5 Å². The first-order chi connectivity index (χ1) is 10.0. The van der Waals surface area contributed by atoms with Crippen molar-refractivity contribution in [3.63, 3.8) is 0 Å². The van der Waals surface area contributed by atoms with Crippen molar-refractivity contribution in [2.24, 2.45) is 0 Å². The molecule has 0 bridgehead atoms. The molecule has 1 aromatic rings. The molecule has 0 spiro atoms. The first-order valence-electron chi connectivity index (χ1n) is 7.10. The van der Waals surface area contributed by atoms with Crippen molar-refractivity contribution in [2.75, 3.05) is 20.2 Å². The molecule has 1 saturated carbocycles. The van der Waals surface area contributed by atoms with Crippen molar-refractivity contribution < 1.29 is 9.53 Å². The monoisotopic (exact) mass is 330 g/mol. The number of carbonyl (C=O) groups excluding carboxylic acids is 1. The largest absolute Gasteiger partial charge is 0.482 e. The van der Waals surface area contributed by atoms with Gasteiger partial charge in [0.15, 0.2) is 6.61 Å². The lowest BCUT2D eigenvalue weighted by molar-refractivity contribution is -0.132. The summed E-state index contributed by atoms with van der Waals surface area (Å²) in [5.41, 5.74) is 0.858. The molecule has 1 aromatic carbocycles. The number of likely N-dealkylation sites (N-methyl/N-ethyl adjacent to an activating group) is 1. The normalized spacial score (nSPS) is 14.1. The van der Waals surface area contributed by atoms with Gasteiger partial charge in [-0.25, -0.2) is 0 Å². The molecule has 0 aliphatic heterocycles. The minimum atomic E-state index is -0.0297. The maximum atomic E-state index is 12.0. The van der Waals surface area contributed by atoms with Gasteiger partial charge in [-0.3, -0.25) is 4.79 Å². The number of halogens is 2. The van der Waals surface area contributed by atoms with Crippen molar-refractivity contribution in [1.29, 1.82) is 0 Å². The molecule has 0 heterocycles. The number of nitrogens with one attached hydrogen (secondary N) is 1. The third-order valence-electron chi connectivity index (χ3n) is 3.48. The SMILES string of the molecule is CCNCc1cc(Cl)cc(Cl)c1OCC(=O)N(C)C1CC1. The number of hydrogen-bond acceptors (Lipinski definition) is 3. The summed E-state index contributed by atoms with van der Waals surface area (Å²) < 4.78 is 5.66. The van der Waals surface area contributed by atoms with Gasteiger partial charge in [0, 0.05) is 30.2 Å². The smallest absolute Gasteiger partial charge is 0.260 e. The van der Waals surface area contributed by atoms with Gasteiger partial charge >= 0.3 is 0 Å². The van der Waals surface area contributed by atoms with Crippen LogP contribution in [0.25, 0.3) is 0 Å². The van der Waals surface area contributed by atoms with Crippen molar-refractivity contribution in [3.8, 4) is 5.75 Å². The maximum Gasteiger partial charge on any atom is 0.260 e. The first-order valence-corrected chi connectivity index (χ1v) is 7.85. The third-order valence-corrected chi connectivity index (χ3v) is 3.98. The number of rotatable bonds is 7. The molecule has 4 nitrogen and oxygen atoms in total. The predicted octanol–water partition coefficient (Wildman–Crippen LogP) is 3.10. The highest BCUT2D eigenvalue weighted by molar-refractivity contribution is 6.35. The highest BCUT2D eigenvalue weighted by Crippen LogP contribution is 2.33. The molecule has 1 amide bonds. The summed E-state index contributed by atoms with van der Waals surface area (Å²) in [5.74, 6) is 0.498. The Morgan fingerprint density at radius 3 is 2.76 bits per heavy atom. The van der Waals surface area contributed by atoms with Crippen LogP contribution in [0, 0.1) is 0 Å². The minimum Gasteiger partial charge on any atom is -0.482 e. The van der Waals surface area contributed by atoms with Crippen LogP contribution in [-0.2, 0) is 11.3 Å². The van der Waals surface area contributed by atoms with E-state index in [1.165, 1.54) is 0 Å². The molecule has 0 atom stereocenters. The number of ether oxygens (including phenoxy) is 1. The summed E-state index contributed by atoms with van der Waals surface area (Å²) in [4.78, 5) is 13.8. The average Bonchev–Trinajstić information content (AvgIpc) is 3.27. The fourth-order valence-corrected chi connectivity index (χ4v) is 2.66. The van der Waals surface area contributed by atoms with Gasteiger partial charge in [-0.05, 0) is 31.5 Å². The minimum absolute atomic E-state index is 0.00647. The Balaban J connectivity index is 2.05. The summed E-state index contributed by atoms with van der Waals surface area (Å²) in [6, 6.07) is 3.81. The van der Waals surface area contributed by atoms with Crippen LogP contribution in [0.5, 0.6) is 5.75 Å². The summed E-state index contributed by atoms with van der Waals surface area (Å²) in [6.07, 6.45) is 2.16. The van der Waals surface area contributed by atoms with Crippen LogP contribution in [0.3, 0.4) is 0 Å². The van der Waals surface area contributed by atoms with Gasteiger partial charge in [-0.15, -0.1) is 0 Å². The van der Waals surface area contributed by atoms with Crippen LogP contribution in [0.1, 0.15) is 25.3 Å². The zero-order chi connectivity index (χ0) is 15.4. The Morgan fingerprint density at radius 1 is 1.43 bits per heavy atom. The fraction of sp³-hybridized carbons (Fsp3) is 0.533. The summed E-state index contributed by atoms with van der Waals surface area (Å²) in [5, 5.41) is 4.19. The lowest BCUT2D eigenvalue weighted by atomic mass is 10.2. The molecular weight excluding hydrogens is 311 g/mol. The third kappa shape index (κ3) is 4.50. The average molecular weight is 331 g/mol. The Labute approximate surface area is 135 Å². The molecule has 0 radical (unpaired) electrons. The Morgan fingerprint density at radius 2 is 2.14 bits per heavy atom. The molecule has 1 aliphatic carbocycles. The number of carbonyl (C=O) groups is 1. The van der Waals surface area contributed by atoms with E-state index in [0.717, 1.165) is 24.9 Å². The van der Waals surface area contributed by atoms with Crippen LogP contribution in [0.2, 0.25) is 10.0 Å². The van der Waals surface area contributed by atoms with Crippen LogP contribution in [0.4, 0.5) is 0 Å². The van der Waals surface area contributed by atoms with E-state index in [0.29, 0.717) is 28.4 Å². The second kappa shape index (κ2) is 7.34.